The molecule has 0 atom stereocenters. The van der Waals surface area contributed by atoms with E-state index in [1.807, 2.05) is 24.8 Å². The number of carbonyl (C=O) groups is 2. The van der Waals surface area contributed by atoms with Gasteiger partial charge in [-0.2, -0.15) is 5.10 Å². The molecule has 33 heavy (non-hydrogen) atoms. The first-order valence-corrected chi connectivity index (χ1v) is 11.3. The first kappa shape index (κ1) is 21.1. The summed E-state index contributed by atoms with van der Waals surface area (Å²) in [4.78, 5) is 38.7. The van der Waals surface area contributed by atoms with Crippen molar-refractivity contribution in [2.75, 3.05) is 13.1 Å². The van der Waals surface area contributed by atoms with Crippen LogP contribution < -0.4 is 5.73 Å². The van der Waals surface area contributed by atoms with E-state index in [0.29, 0.717) is 30.0 Å². The molecule has 2 amide bonds. The van der Waals surface area contributed by atoms with Gasteiger partial charge in [-0.05, 0) is 62.3 Å². The molecular formula is C24H27N7O2. The van der Waals surface area contributed by atoms with E-state index < -0.39 is 5.91 Å². The quantitative estimate of drug-likeness (QED) is 0.489. The Morgan fingerprint density at radius 2 is 2.03 bits per heavy atom. The lowest BCUT2D eigenvalue weighted by molar-refractivity contribution is -0.132. The van der Waals surface area contributed by atoms with Crippen LogP contribution in [0.15, 0.2) is 30.7 Å². The molecule has 0 aliphatic carbocycles. The molecule has 9 nitrogen and oxygen atoms in total. The number of hydrogen-bond donors (Lipinski definition) is 2. The SMILES string of the molecule is Cc1nc2c(C(N)=O)cnn2c(C)c1CCC(=O)N1CCC(c2c[nH]c3ncccc23)CC1. The summed E-state index contributed by atoms with van der Waals surface area (Å²) in [5.41, 5.74) is 11.1. The summed E-state index contributed by atoms with van der Waals surface area (Å²) >= 11 is 0. The minimum Gasteiger partial charge on any atom is -0.365 e. The van der Waals surface area contributed by atoms with Gasteiger partial charge in [0.25, 0.3) is 5.91 Å². The Bertz CT molecular complexity index is 1360. The smallest absolute Gasteiger partial charge is 0.254 e. The lowest BCUT2D eigenvalue weighted by Crippen LogP contribution is -2.38. The molecule has 0 spiro atoms. The summed E-state index contributed by atoms with van der Waals surface area (Å²) in [6, 6.07) is 4.07. The van der Waals surface area contributed by atoms with Crippen LogP contribution in [0.25, 0.3) is 16.7 Å². The lowest BCUT2D eigenvalue weighted by Gasteiger charge is -2.32. The normalized spacial score (nSPS) is 14.9. The first-order chi connectivity index (χ1) is 15.9. The molecule has 1 fully saturated rings. The van der Waals surface area contributed by atoms with Gasteiger partial charge in [0.1, 0.15) is 11.2 Å². The van der Waals surface area contributed by atoms with Gasteiger partial charge in [0, 0.05) is 48.7 Å². The predicted molar refractivity (Wildman–Crippen MR) is 124 cm³/mol. The molecule has 0 unspecified atom stereocenters. The average Bonchev–Trinajstić information content (AvgIpc) is 3.43. The molecule has 1 saturated heterocycles. The van der Waals surface area contributed by atoms with Gasteiger partial charge in [0.05, 0.1) is 6.20 Å². The highest BCUT2D eigenvalue weighted by Crippen LogP contribution is 2.32. The molecule has 170 valence electrons. The molecule has 0 saturated carbocycles. The van der Waals surface area contributed by atoms with Crippen molar-refractivity contribution in [2.24, 2.45) is 5.73 Å². The number of H-pyrrole nitrogens is 1. The van der Waals surface area contributed by atoms with E-state index in [1.54, 1.807) is 10.7 Å². The Kier molecular flexibility index (Phi) is 5.32. The van der Waals surface area contributed by atoms with Crippen LogP contribution in [0.4, 0.5) is 0 Å². The van der Waals surface area contributed by atoms with Crippen molar-refractivity contribution in [1.29, 1.82) is 0 Å². The number of primary amides is 1. The highest BCUT2D eigenvalue weighted by molar-refractivity contribution is 5.98. The van der Waals surface area contributed by atoms with Crippen molar-refractivity contribution in [1.82, 2.24) is 29.5 Å². The van der Waals surface area contributed by atoms with Crippen molar-refractivity contribution in [3.63, 3.8) is 0 Å². The number of hydrogen-bond acceptors (Lipinski definition) is 5. The molecule has 0 radical (unpaired) electrons. The van der Waals surface area contributed by atoms with Gasteiger partial charge in [0.15, 0.2) is 5.65 Å². The van der Waals surface area contributed by atoms with Crippen molar-refractivity contribution in [3.05, 3.63) is 58.8 Å². The average molecular weight is 446 g/mol. The number of carbonyl (C=O) groups excluding carboxylic acids is 2. The van der Waals surface area contributed by atoms with Gasteiger partial charge in [-0.1, -0.05) is 0 Å². The monoisotopic (exact) mass is 445 g/mol. The molecule has 3 N–H and O–H groups in total. The zero-order chi connectivity index (χ0) is 23.1. The number of amides is 2. The van der Waals surface area contributed by atoms with Gasteiger partial charge >= 0.3 is 0 Å². The van der Waals surface area contributed by atoms with Crippen molar-refractivity contribution >= 4 is 28.5 Å². The summed E-state index contributed by atoms with van der Waals surface area (Å²) in [5, 5.41) is 5.44. The van der Waals surface area contributed by atoms with Gasteiger partial charge in [-0.3, -0.25) is 9.59 Å². The lowest BCUT2D eigenvalue weighted by atomic mass is 9.89. The summed E-state index contributed by atoms with van der Waals surface area (Å²) < 4.78 is 1.63. The maximum absolute atomic E-state index is 13.0. The third-order valence-corrected chi connectivity index (χ3v) is 6.83. The fourth-order valence-corrected chi connectivity index (χ4v) is 4.99. The summed E-state index contributed by atoms with van der Waals surface area (Å²) in [5.74, 6) is 0.0418. The second kappa shape index (κ2) is 8.31. The van der Waals surface area contributed by atoms with Crippen LogP contribution in [0, 0.1) is 13.8 Å². The van der Waals surface area contributed by atoms with E-state index >= 15 is 0 Å². The second-order valence-electron chi connectivity index (χ2n) is 8.72. The number of aryl methyl sites for hydroxylation is 2. The Labute approximate surface area is 191 Å². The molecule has 0 aromatic carbocycles. The number of nitrogens with zero attached hydrogens (tertiary/aromatic N) is 5. The highest BCUT2D eigenvalue weighted by atomic mass is 16.2. The van der Waals surface area contributed by atoms with E-state index in [2.05, 4.69) is 32.3 Å². The zero-order valence-electron chi connectivity index (χ0n) is 18.8. The van der Waals surface area contributed by atoms with Gasteiger partial charge in [0.2, 0.25) is 5.91 Å². The number of fused-ring (bicyclic) bond motifs is 2. The Hall–Kier alpha value is -3.75. The molecule has 1 aliphatic rings. The molecule has 4 aromatic heterocycles. The molecule has 1 aliphatic heterocycles. The Balaban J connectivity index is 1.24. The molecule has 9 heteroatoms. The molecule has 5 heterocycles. The number of likely N-dealkylation sites (tertiary alicyclic amines) is 1. The van der Waals surface area contributed by atoms with Crippen molar-refractivity contribution in [3.8, 4) is 0 Å². The Morgan fingerprint density at radius 1 is 1.24 bits per heavy atom. The third-order valence-electron chi connectivity index (χ3n) is 6.83. The maximum atomic E-state index is 13.0. The minimum atomic E-state index is -0.550. The number of nitrogens with one attached hydrogen (secondary N) is 1. The number of pyridine rings is 1. The highest BCUT2D eigenvalue weighted by Gasteiger charge is 2.26. The van der Waals surface area contributed by atoms with Crippen molar-refractivity contribution in [2.45, 2.75) is 45.4 Å². The van der Waals surface area contributed by atoms with Gasteiger partial charge in [-0.25, -0.2) is 14.5 Å². The number of piperidine rings is 1. The van der Waals surface area contributed by atoms with Crippen LogP contribution in [0.1, 0.15) is 58.1 Å². The van der Waals surface area contributed by atoms with E-state index in [1.165, 1.54) is 17.1 Å². The molecular weight excluding hydrogens is 418 g/mol. The van der Waals surface area contributed by atoms with E-state index in [-0.39, 0.29) is 5.91 Å². The maximum Gasteiger partial charge on any atom is 0.254 e. The predicted octanol–water partition coefficient (Wildman–Crippen LogP) is 2.66. The standard InChI is InChI=1S/C24H27N7O2/c1-14-17(15(2)31-24(29-14)20(13-28-31)22(25)33)5-6-21(32)30-10-7-16(8-11-30)19-12-27-23-18(19)4-3-9-26-23/h3-4,9,12-13,16H,5-8,10-11H2,1-2H3,(H2,25,33)(H,26,27). The fraction of sp³-hybridized carbons (Fsp3) is 0.375. The molecule has 5 rings (SSSR count). The van der Waals surface area contributed by atoms with Gasteiger partial charge < -0.3 is 15.6 Å². The van der Waals surface area contributed by atoms with E-state index in [9.17, 15) is 9.59 Å². The third kappa shape index (κ3) is 3.73. The molecule has 4 aromatic rings. The number of aromatic amines is 1. The summed E-state index contributed by atoms with van der Waals surface area (Å²) in [7, 11) is 0. The topological polar surface area (TPSA) is 122 Å². The zero-order valence-corrected chi connectivity index (χ0v) is 18.8. The number of nitrogens with two attached hydrogens (primary N) is 1. The minimum absolute atomic E-state index is 0.159. The summed E-state index contributed by atoms with van der Waals surface area (Å²) in [6.07, 6.45) is 8.20. The summed E-state index contributed by atoms with van der Waals surface area (Å²) in [6.45, 7) is 5.34. The van der Waals surface area contributed by atoms with Crippen LogP contribution in [0.3, 0.4) is 0 Å². The van der Waals surface area contributed by atoms with Crippen LogP contribution >= 0.6 is 0 Å². The second-order valence-corrected chi connectivity index (χ2v) is 8.72. The number of rotatable bonds is 5. The number of aromatic nitrogens is 5. The molecule has 0 bridgehead atoms. The van der Waals surface area contributed by atoms with Crippen LogP contribution in [-0.4, -0.2) is 54.4 Å². The van der Waals surface area contributed by atoms with E-state index in [0.717, 1.165) is 48.5 Å². The largest absolute Gasteiger partial charge is 0.365 e. The fourth-order valence-electron chi connectivity index (χ4n) is 4.99. The Morgan fingerprint density at radius 3 is 2.79 bits per heavy atom. The first-order valence-electron chi connectivity index (χ1n) is 11.3. The van der Waals surface area contributed by atoms with E-state index in [4.69, 9.17) is 5.73 Å². The van der Waals surface area contributed by atoms with Crippen LogP contribution in [-0.2, 0) is 11.2 Å². The van der Waals surface area contributed by atoms with Crippen LogP contribution in [0.2, 0.25) is 0 Å². The van der Waals surface area contributed by atoms with Gasteiger partial charge in [-0.15, -0.1) is 0 Å². The van der Waals surface area contributed by atoms with Crippen molar-refractivity contribution < 1.29 is 9.59 Å². The van der Waals surface area contributed by atoms with Crippen LogP contribution in [0.5, 0.6) is 0 Å².